The molecule has 0 saturated heterocycles. The first-order valence-corrected chi connectivity index (χ1v) is 6.69. The van der Waals surface area contributed by atoms with Crippen molar-refractivity contribution in [2.24, 2.45) is 5.73 Å². The molecule has 0 heterocycles. The average molecular weight is 307 g/mol. The predicted octanol–water partition coefficient (Wildman–Crippen LogP) is 0.679. The zero-order valence-electron chi connectivity index (χ0n) is 8.48. The third-order valence-electron chi connectivity index (χ3n) is 2.15. The molecular formula is C9H11BrN2O3S. The molecule has 0 aliphatic heterocycles. The standard InChI is InChI=1S/C9H11BrN2O3S/c1-5(9(12)13)16(14,15)8-4-6(10)2-3-7(8)11/h2-5H,11H2,1H3,(H2,12,13). The largest absolute Gasteiger partial charge is 0.398 e. The van der Waals surface area contributed by atoms with E-state index in [1.54, 1.807) is 6.07 Å². The van der Waals surface area contributed by atoms with Gasteiger partial charge >= 0.3 is 0 Å². The Morgan fingerprint density at radius 2 is 2.00 bits per heavy atom. The molecule has 4 N–H and O–H groups in total. The lowest BCUT2D eigenvalue weighted by atomic mass is 10.3. The van der Waals surface area contributed by atoms with Crippen LogP contribution >= 0.6 is 15.9 Å². The second kappa shape index (κ2) is 4.42. The molecule has 1 rings (SSSR count). The smallest absolute Gasteiger partial charge is 0.235 e. The first-order chi connectivity index (χ1) is 7.26. The first kappa shape index (κ1) is 13.0. The van der Waals surface area contributed by atoms with Crippen LogP contribution in [0.4, 0.5) is 5.69 Å². The van der Waals surface area contributed by atoms with Crippen LogP contribution < -0.4 is 11.5 Å². The van der Waals surface area contributed by atoms with E-state index in [1.165, 1.54) is 19.1 Å². The summed E-state index contributed by atoms with van der Waals surface area (Å²) in [4.78, 5) is 10.8. The van der Waals surface area contributed by atoms with E-state index in [2.05, 4.69) is 15.9 Å². The van der Waals surface area contributed by atoms with Crippen molar-refractivity contribution in [2.45, 2.75) is 17.1 Å². The quantitative estimate of drug-likeness (QED) is 0.801. The van der Waals surface area contributed by atoms with Crippen molar-refractivity contribution in [1.29, 1.82) is 0 Å². The fourth-order valence-corrected chi connectivity index (χ4v) is 2.99. The maximum Gasteiger partial charge on any atom is 0.235 e. The van der Waals surface area contributed by atoms with Gasteiger partial charge in [0.2, 0.25) is 5.91 Å². The van der Waals surface area contributed by atoms with Crippen molar-refractivity contribution in [3.05, 3.63) is 22.7 Å². The first-order valence-electron chi connectivity index (χ1n) is 4.35. The maximum atomic E-state index is 11.9. The minimum Gasteiger partial charge on any atom is -0.398 e. The lowest BCUT2D eigenvalue weighted by Crippen LogP contribution is -2.33. The molecule has 88 valence electrons. The van der Waals surface area contributed by atoms with Crippen LogP contribution in [0.3, 0.4) is 0 Å². The number of sulfone groups is 1. The Hall–Kier alpha value is -1.08. The Labute approximate surface area is 102 Å². The number of nitrogen functional groups attached to an aromatic ring is 1. The van der Waals surface area contributed by atoms with Gasteiger partial charge in [-0.2, -0.15) is 0 Å². The molecule has 0 aromatic heterocycles. The van der Waals surface area contributed by atoms with Gasteiger partial charge in [-0.3, -0.25) is 4.79 Å². The van der Waals surface area contributed by atoms with E-state index >= 15 is 0 Å². The van der Waals surface area contributed by atoms with E-state index in [0.29, 0.717) is 4.47 Å². The zero-order chi connectivity index (χ0) is 12.5. The molecule has 0 saturated carbocycles. The molecule has 7 heteroatoms. The highest BCUT2D eigenvalue weighted by molar-refractivity contribution is 9.10. The number of halogens is 1. The molecule has 0 aliphatic carbocycles. The van der Waals surface area contributed by atoms with E-state index in [4.69, 9.17) is 11.5 Å². The second-order valence-electron chi connectivity index (χ2n) is 3.27. The molecule has 5 nitrogen and oxygen atoms in total. The van der Waals surface area contributed by atoms with Crippen molar-refractivity contribution >= 4 is 37.4 Å². The third-order valence-corrected chi connectivity index (χ3v) is 4.77. The Balaban J connectivity index is 3.38. The van der Waals surface area contributed by atoms with E-state index in [1.807, 2.05) is 0 Å². The van der Waals surface area contributed by atoms with E-state index in [9.17, 15) is 13.2 Å². The molecule has 1 aromatic rings. The van der Waals surface area contributed by atoms with Crippen LogP contribution in [0.15, 0.2) is 27.6 Å². The van der Waals surface area contributed by atoms with Gasteiger partial charge < -0.3 is 11.5 Å². The second-order valence-corrected chi connectivity index (χ2v) is 6.42. The average Bonchev–Trinajstić information content (AvgIpc) is 2.20. The number of benzene rings is 1. The fourth-order valence-electron chi connectivity index (χ4n) is 1.10. The highest BCUT2D eigenvalue weighted by Crippen LogP contribution is 2.26. The third kappa shape index (κ3) is 2.35. The van der Waals surface area contributed by atoms with Crippen molar-refractivity contribution in [2.75, 3.05) is 5.73 Å². The van der Waals surface area contributed by atoms with Crippen LogP contribution in [-0.2, 0) is 14.6 Å². The molecule has 0 bridgehead atoms. The molecule has 0 spiro atoms. The summed E-state index contributed by atoms with van der Waals surface area (Å²) in [5, 5.41) is -1.30. The molecule has 1 aromatic carbocycles. The van der Waals surface area contributed by atoms with Crippen LogP contribution in [0.2, 0.25) is 0 Å². The summed E-state index contributed by atoms with van der Waals surface area (Å²) in [5.74, 6) is -0.903. The van der Waals surface area contributed by atoms with Gasteiger partial charge in [-0.05, 0) is 25.1 Å². The minimum atomic E-state index is -3.82. The van der Waals surface area contributed by atoms with Crippen molar-refractivity contribution < 1.29 is 13.2 Å². The molecule has 1 amide bonds. The molecule has 0 aliphatic rings. The van der Waals surface area contributed by atoms with Crippen LogP contribution in [0.1, 0.15) is 6.92 Å². The minimum absolute atomic E-state index is 0.0897. The highest BCUT2D eigenvalue weighted by Gasteiger charge is 2.29. The topological polar surface area (TPSA) is 103 Å². The van der Waals surface area contributed by atoms with Crippen LogP contribution in [0, 0.1) is 0 Å². The lowest BCUT2D eigenvalue weighted by molar-refractivity contribution is -0.117. The summed E-state index contributed by atoms with van der Waals surface area (Å²) in [7, 11) is -3.82. The molecule has 1 unspecified atom stereocenters. The van der Waals surface area contributed by atoms with Gasteiger partial charge in [-0.1, -0.05) is 15.9 Å². The fraction of sp³-hybridized carbons (Fsp3) is 0.222. The zero-order valence-corrected chi connectivity index (χ0v) is 10.9. The highest BCUT2D eigenvalue weighted by atomic mass is 79.9. The monoisotopic (exact) mass is 306 g/mol. The van der Waals surface area contributed by atoms with Crippen molar-refractivity contribution in [3.63, 3.8) is 0 Å². The summed E-state index contributed by atoms with van der Waals surface area (Å²) >= 11 is 3.14. The molecule has 0 fully saturated rings. The molecule has 16 heavy (non-hydrogen) atoms. The van der Waals surface area contributed by atoms with Gasteiger partial charge in [-0.25, -0.2) is 8.42 Å². The SMILES string of the molecule is CC(C(N)=O)S(=O)(=O)c1cc(Br)ccc1N. The molecule has 1 atom stereocenters. The number of primary amides is 1. The summed E-state index contributed by atoms with van der Waals surface area (Å²) in [6.07, 6.45) is 0. The summed E-state index contributed by atoms with van der Waals surface area (Å²) in [6, 6.07) is 4.41. The molecular weight excluding hydrogens is 296 g/mol. The number of rotatable bonds is 3. The van der Waals surface area contributed by atoms with E-state index in [-0.39, 0.29) is 10.6 Å². The van der Waals surface area contributed by atoms with Crippen LogP contribution in [0.5, 0.6) is 0 Å². The Kier molecular flexibility index (Phi) is 3.59. The number of hydrogen-bond donors (Lipinski definition) is 2. The summed E-state index contributed by atoms with van der Waals surface area (Å²) < 4.78 is 24.5. The van der Waals surface area contributed by atoms with Crippen LogP contribution in [-0.4, -0.2) is 19.6 Å². The van der Waals surface area contributed by atoms with E-state index < -0.39 is 21.0 Å². The van der Waals surface area contributed by atoms with Gasteiger partial charge in [0, 0.05) is 4.47 Å². The number of hydrogen-bond acceptors (Lipinski definition) is 4. The Morgan fingerprint density at radius 3 is 2.50 bits per heavy atom. The maximum absolute atomic E-state index is 11.9. The molecule has 0 radical (unpaired) electrons. The van der Waals surface area contributed by atoms with Gasteiger partial charge in [0.1, 0.15) is 5.25 Å². The van der Waals surface area contributed by atoms with Gasteiger partial charge in [0.25, 0.3) is 0 Å². The number of nitrogens with two attached hydrogens (primary N) is 2. The van der Waals surface area contributed by atoms with Gasteiger partial charge in [0.05, 0.1) is 10.6 Å². The Morgan fingerprint density at radius 1 is 1.44 bits per heavy atom. The van der Waals surface area contributed by atoms with Gasteiger partial charge in [-0.15, -0.1) is 0 Å². The number of carbonyl (C=O) groups excluding carboxylic acids is 1. The summed E-state index contributed by atoms with van der Waals surface area (Å²) in [6.45, 7) is 1.23. The van der Waals surface area contributed by atoms with E-state index in [0.717, 1.165) is 0 Å². The number of amides is 1. The predicted molar refractivity (Wildman–Crippen MR) is 64.4 cm³/mol. The van der Waals surface area contributed by atoms with Crippen molar-refractivity contribution in [1.82, 2.24) is 0 Å². The normalized spacial score (nSPS) is 13.4. The van der Waals surface area contributed by atoms with Gasteiger partial charge in [0.15, 0.2) is 9.84 Å². The number of carbonyl (C=O) groups is 1. The lowest BCUT2D eigenvalue weighted by Gasteiger charge is -2.11. The number of anilines is 1. The van der Waals surface area contributed by atoms with Crippen molar-refractivity contribution in [3.8, 4) is 0 Å². The van der Waals surface area contributed by atoms with Crippen LogP contribution in [0.25, 0.3) is 0 Å². The summed E-state index contributed by atoms with van der Waals surface area (Å²) in [5.41, 5.74) is 10.6. The Bertz CT molecular complexity index is 528.